The maximum Gasteiger partial charge on any atom is 0.0671 e. The van der Waals surface area contributed by atoms with E-state index in [1.807, 2.05) is 6.92 Å². The third kappa shape index (κ3) is 4.86. The van der Waals surface area contributed by atoms with Gasteiger partial charge in [-0.15, -0.1) is 0 Å². The van der Waals surface area contributed by atoms with Crippen LogP contribution >= 0.6 is 0 Å². The van der Waals surface area contributed by atoms with Gasteiger partial charge >= 0.3 is 0 Å². The molecule has 1 N–H and O–H groups in total. The molecule has 0 aliphatic heterocycles. The summed E-state index contributed by atoms with van der Waals surface area (Å²) in [4.78, 5) is 2.25. The minimum atomic E-state index is 0.0553. The summed E-state index contributed by atoms with van der Waals surface area (Å²) >= 11 is 0. The van der Waals surface area contributed by atoms with Crippen molar-refractivity contribution < 1.29 is 0 Å². The molecule has 1 rings (SSSR count). The Bertz CT molecular complexity index is 419. The number of nitrogens with one attached hydrogen (secondary N) is 1. The molecule has 0 aliphatic rings. The van der Waals surface area contributed by atoms with Crippen LogP contribution in [-0.4, -0.2) is 19.6 Å². The highest BCUT2D eigenvalue weighted by molar-refractivity contribution is 5.48. The third-order valence-corrected chi connectivity index (χ3v) is 3.56. The predicted molar refractivity (Wildman–Crippen MR) is 85.8 cm³/mol. The highest BCUT2D eigenvalue weighted by atomic mass is 15.1. The van der Waals surface area contributed by atoms with Crippen molar-refractivity contribution in [2.75, 3.05) is 24.5 Å². The summed E-state index contributed by atoms with van der Waals surface area (Å²) < 4.78 is 0. The largest absolute Gasteiger partial charge is 0.371 e. The lowest BCUT2D eigenvalue weighted by Gasteiger charge is -2.25. The number of rotatable bonds is 8. The van der Waals surface area contributed by atoms with E-state index in [9.17, 15) is 0 Å². The summed E-state index contributed by atoms with van der Waals surface area (Å²) in [7, 11) is 0. The van der Waals surface area contributed by atoms with Crippen molar-refractivity contribution in [3.8, 4) is 6.07 Å². The molecule has 1 aromatic rings. The van der Waals surface area contributed by atoms with E-state index in [0.717, 1.165) is 26.1 Å². The molecule has 0 fully saturated rings. The highest BCUT2D eigenvalue weighted by Gasteiger charge is 2.10. The Labute approximate surface area is 123 Å². The Morgan fingerprint density at radius 3 is 2.35 bits per heavy atom. The van der Waals surface area contributed by atoms with Crippen molar-refractivity contribution in [2.24, 2.45) is 5.92 Å². The topological polar surface area (TPSA) is 39.1 Å². The molecule has 0 amide bonds. The van der Waals surface area contributed by atoms with Gasteiger partial charge in [-0.1, -0.05) is 19.1 Å². The van der Waals surface area contributed by atoms with Gasteiger partial charge in [0.15, 0.2) is 0 Å². The maximum atomic E-state index is 8.94. The van der Waals surface area contributed by atoms with E-state index < -0.39 is 0 Å². The molecular weight excluding hydrogens is 246 g/mol. The molecule has 3 nitrogen and oxygen atoms in total. The summed E-state index contributed by atoms with van der Waals surface area (Å²) in [6.45, 7) is 11.2. The van der Waals surface area contributed by atoms with Crippen LogP contribution in [0.25, 0.3) is 0 Å². The normalized spacial score (nSPS) is 13.6. The van der Waals surface area contributed by atoms with Crippen LogP contribution in [0.5, 0.6) is 0 Å². The zero-order valence-electron chi connectivity index (χ0n) is 13.2. The van der Waals surface area contributed by atoms with Crippen molar-refractivity contribution in [1.82, 2.24) is 5.32 Å². The van der Waals surface area contributed by atoms with Crippen molar-refractivity contribution in [3.05, 3.63) is 29.8 Å². The van der Waals surface area contributed by atoms with Crippen molar-refractivity contribution >= 4 is 5.69 Å². The van der Waals surface area contributed by atoms with Gasteiger partial charge in [-0.05, 0) is 51.4 Å². The third-order valence-electron chi connectivity index (χ3n) is 3.56. The minimum absolute atomic E-state index is 0.0553. The van der Waals surface area contributed by atoms with Crippen LogP contribution in [-0.2, 0) is 0 Å². The standard InChI is InChI=1S/C17H27N3/c1-5-11-19-15(4)16-7-9-17(10-8-16)20(6-2)13-14(3)12-18/h7-10,14-15,19H,5-6,11,13H2,1-4H3. The fraction of sp³-hybridized carbons (Fsp3) is 0.588. The molecule has 2 atom stereocenters. The molecule has 0 spiro atoms. The van der Waals surface area contributed by atoms with Gasteiger partial charge in [-0.2, -0.15) is 5.26 Å². The predicted octanol–water partition coefficient (Wildman–Crippen LogP) is 3.73. The molecule has 0 heterocycles. The zero-order valence-corrected chi connectivity index (χ0v) is 13.2. The van der Waals surface area contributed by atoms with E-state index in [-0.39, 0.29) is 5.92 Å². The number of hydrogen-bond donors (Lipinski definition) is 1. The van der Waals surface area contributed by atoms with Crippen LogP contribution < -0.4 is 10.2 Å². The summed E-state index contributed by atoms with van der Waals surface area (Å²) in [5.74, 6) is 0.0553. The Kier molecular flexibility index (Phi) is 7.11. The summed E-state index contributed by atoms with van der Waals surface area (Å²) in [5.41, 5.74) is 2.51. The summed E-state index contributed by atoms with van der Waals surface area (Å²) in [6, 6.07) is 11.4. The molecule has 0 radical (unpaired) electrons. The molecule has 110 valence electrons. The lowest BCUT2D eigenvalue weighted by molar-refractivity contribution is 0.570. The van der Waals surface area contributed by atoms with Gasteiger partial charge in [0, 0.05) is 24.8 Å². The molecule has 0 aromatic heterocycles. The van der Waals surface area contributed by atoms with Crippen LogP contribution in [0.4, 0.5) is 5.69 Å². The molecular formula is C17H27N3. The zero-order chi connectivity index (χ0) is 15.0. The monoisotopic (exact) mass is 273 g/mol. The Balaban J connectivity index is 2.71. The Hall–Kier alpha value is -1.53. The molecule has 0 saturated carbocycles. The molecule has 0 bridgehead atoms. The van der Waals surface area contributed by atoms with E-state index >= 15 is 0 Å². The second-order valence-corrected chi connectivity index (χ2v) is 5.34. The van der Waals surface area contributed by atoms with E-state index in [1.165, 1.54) is 11.3 Å². The van der Waals surface area contributed by atoms with E-state index in [2.05, 4.69) is 61.3 Å². The molecule has 3 heteroatoms. The SMILES string of the molecule is CCCNC(C)c1ccc(N(CC)CC(C)C#N)cc1. The first kappa shape index (κ1) is 16.5. The lowest BCUT2D eigenvalue weighted by atomic mass is 10.1. The number of hydrogen-bond acceptors (Lipinski definition) is 3. The van der Waals surface area contributed by atoms with Gasteiger partial charge in [0.25, 0.3) is 0 Å². The number of nitriles is 1. The van der Waals surface area contributed by atoms with Crippen LogP contribution in [0.15, 0.2) is 24.3 Å². The molecule has 0 saturated heterocycles. The number of anilines is 1. The van der Waals surface area contributed by atoms with Gasteiger partial charge in [-0.25, -0.2) is 0 Å². The fourth-order valence-electron chi connectivity index (χ4n) is 2.24. The summed E-state index contributed by atoms with van der Waals surface area (Å²) in [5, 5.41) is 12.4. The fourth-order valence-corrected chi connectivity index (χ4v) is 2.24. The molecule has 20 heavy (non-hydrogen) atoms. The average Bonchev–Trinajstić information content (AvgIpc) is 2.50. The lowest BCUT2D eigenvalue weighted by Crippen LogP contribution is -2.27. The van der Waals surface area contributed by atoms with Crippen LogP contribution in [0.3, 0.4) is 0 Å². The Morgan fingerprint density at radius 2 is 1.85 bits per heavy atom. The first-order chi connectivity index (χ1) is 9.62. The van der Waals surface area contributed by atoms with Crippen LogP contribution in [0.1, 0.15) is 45.7 Å². The van der Waals surface area contributed by atoms with Crippen molar-refractivity contribution in [2.45, 2.75) is 40.2 Å². The minimum Gasteiger partial charge on any atom is -0.371 e. The molecule has 2 unspecified atom stereocenters. The van der Waals surface area contributed by atoms with Crippen molar-refractivity contribution in [1.29, 1.82) is 5.26 Å². The number of benzene rings is 1. The quantitative estimate of drug-likeness (QED) is 0.784. The van der Waals surface area contributed by atoms with Crippen LogP contribution in [0.2, 0.25) is 0 Å². The first-order valence-corrected chi connectivity index (χ1v) is 7.60. The van der Waals surface area contributed by atoms with Gasteiger partial charge in [0.05, 0.1) is 12.0 Å². The number of nitrogens with zero attached hydrogens (tertiary/aromatic N) is 2. The first-order valence-electron chi connectivity index (χ1n) is 7.60. The molecule has 0 aliphatic carbocycles. The average molecular weight is 273 g/mol. The van der Waals surface area contributed by atoms with Gasteiger partial charge < -0.3 is 10.2 Å². The maximum absolute atomic E-state index is 8.94. The van der Waals surface area contributed by atoms with Gasteiger partial charge in [0.1, 0.15) is 0 Å². The second kappa shape index (κ2) is 8.60. The van der Waals surface area contributed by atoms with Crippen molar-refractivity contribution in [3.63, 3.8) is 0 Å². The molecule has 1 aromatic carbocycles. The highest BCUT2D eigenvalue weighted by Crippen LogP contribution is 2.20. The summed E-state index contributed by atoms with van der Waals surface area (Å²) in [6.07, 6.45) is 1.15. The smallest absolute Gasteiger partial charge is 0.0671 e. The van der Waals surface area contributed by atoms with E-state index in [1.54, 1.807) is 0 Å². The van der Waals surface area contributed by atoms with E-state index in [0.29, 0.717) is 6.04 Å². The van der Waals surface area contributed by atoms with Crippen LogP contribution in [0, 0.1) is 17.2 Å². The Morgan fingerprint density at radius 1 is 1.20 bits per heavy atom. The van der Waals surface area contributed by atoms with Gasteiger partial charge in [-0.3, -0.25) is 0 Å². The van der Waals surface area contributed by atoms with E-state index in [4.69, 9.17) is 5.26 Å². The van der Waals surface area contributed by atoms with Gasteiger partial charge in [0.2, 0.25) is 0 Å². The second-order valence-electron chi connectivity index (χ2n) is 5.34.